The minimum atomic E-state index is 0.355. The molecule has 3 aromatic carbocycles. The molecule has 1 heterocycles. The third kappa shape index (κ3) is 4.13. The van der Waals surface area contributed by atoms with Crippen molar-refractivity contribution < 1.29 is 9.15 Å². The van der Waals surface area contributed by atoms with Gasteiger partial charge in [-0.15, -0.1) is 10.2 Å². The SMILES string of the molecule is Clc1ccc(COc2ccc(-c3nnc(-c4ccccc4)o3)cc2)c(Cl)c1. The van der Waals surface area contributed by atoms with Crippen LogP contribution >= 0.6 is 23.2 Å². The Kier molecular flexibility index (Phi) is 5.10. The van der Waals surface area contributed by atoms with Crippen molar-refractivity contribution in [3.05, 3.63) is 88.4 Å². The van der Waals surface area contributed by atoms with E-state index < -0.39 is 0 Å². The molecule has 134 valence electrons. The zero-order valence-corrected chi connectivity index (χ0v) is 15.6. The molecule has 4 aromatic rings. The molecule has 0 N–H and O–H groups in total. The fourth-order valence-electron chi connectivity index (χ4n) is 2.53. The van der Waals surface area contributed by atoms with Crippen molar-refractivity contribution in [2.24, 2.45) is 0 Å². The minimum absolute atomic E-state index is 0.355. The first-order valence-corrected chi connectivity index (χ1v) is 9.01. The highest BCUT2D eigenvalue weighted by Crippen LogP contribution is 2.26. The zero-order valence-electron chi connectivity index (χ0n) is 14.1. The van der Waals surface area contributed by atoms with Crippen molar-refractivity contribution in [1.82, 2.24) is 10.2 Å². The van der Waals surface area contributed by atoms with Gasteiger partial charge >= 0.3 is 0 Å². The molecule has 0 saturated carbocycles. The minimum Gasteiger partial charge on any atom is -0.489 e. The lowest BCUT2D eigenvalue weighted by atomic mass is 10.2. The van der Waals surface area contributed by atoms with E-state index in [0.29, 0.717) is 34.2 Å². The van der Waals surface area contributed by atoms with Gasteiger partial charge in [-0.3, -0.25) is 0 Å². The van der Waals surface area contributed by atoms with Gasteiger partial charge in [0, 0.05) is 26.7 Å². The standard InChI is InChI=1S/C21H14Cl2N2O2/c22-17-9-6-16(19(23)12-17)13-26-18-10-7-15(8-11-18)21-25-24-20(27-21)14-4-2-1-3-5-14/h1-12H,13H2. The second-order valence-electron chi connectivity index (χ2n) is 5.83. The van der Waals surface area contributed by atoms with Crippen molar-refractivity contribution in [3.63, 3.8) is 0 Å². The van der Waals surface area contributed by atoms with E-state index in [1.54, 1.807) is 12.1 Å². The molecule has 1 aromatic heterocycles. The summed E-state index contributed by atoms with van der Waals surface area (Å²) in [5.41, 5.74) is 2.58. The van der Waals surface area contributed by atoms with E-state index in [9.17, 15) is 0 Å². The highest BCUT2D eigenvalue weighted by atomic mass is 35.5. The van der Waals surface area contributed by atoms with Gasteiger partial charge < -0.3 is 9.15 Å². The van der Waals surface area contributed by atoms with Crippen LogP contribution < -0.4 is 4.74 Å². The molecule has 6 heteroatoms. The molecule has 0 aliphatic rings. The van der Waals surface area contributed by atoms with Gasteiger partial charge in [-0.2, -0.15) is 0 Å². The molecule has 27 heavy (non-hydrogen) atoms. The first kappa shape index (κ1) is 17.6. The van der Waals surface area contributed by atoms with Gasteiger partial charge in [0.25, 0.3) is 0 Å². The molecule has 0 amide bonds. The average molecular weight is 397 g/mol. The lowest BCUT2D eigenvalue weighted by Crippen LogP contribution is -1.96. The summed E-state index contributed by atoms with van der Waals surface area (Å²) in [5, 5.41) is 9.40. The van der Waals surface area contributed by atoms with Crippen LogP contribution in [0.3, 0.4) is 0 Å². The number of hydrogen-bond acceptors (Lipinski definition) is 4. The van der Waals surface area contributed by atoms with Crippen molar-refractivity contribution in [3.8, 4) is 28.7 Å². The average Bonchev–Trinajstić information content (AvgIpc) is 3.19. The van der Waals surface area contributed by atoms with E-state index in [0.717, 1.165) is 16.7 Å². The van der Waals surface area contributed by atoms with Gasteiger partial charge in [-0.05, 0) is 48.5 Å². The number of nitrogens with zero attached hydrogens (tertiary/aromatic N) is 2. The summed E-state index contributed by atoms with van der Waals surface area (Å²) in [6, 6.07) is 22.4. The fraction of sp³-hybridized carbons (Fsp3) is 0.0476. The monoisotopic (exact) mass is 396 g/mol. The molecule has 0 fully saturated rings. The van der Waals surface area contributed by atoms with Crippen LogP contribution in [0.1, 0.15) is 5.56 Å². The summed E-state index contributed by atoms with van der Waals surface area (Å²) in [6.45, 7) is 0.355. The summed E-state index contributed by atoms with van der Waals surface area (Å²) in [4.78, 5) is 0. The number of hydrogen-bond donors (Lipinski definition) is 0. The van der Waals surface area contributed by atoms with Crippen LogP contribution in [0.4, 0.5) is 0 Å². The Bertz CT molecular complexity index is 1050. The van der Waals surface area contributed by atoms with Crippen molar-refractivity contribution >= 4 is 23.2 Å². The molecule has 4 nitrogen and oxygen atoms in total. The predicted molar refractivity (Wildman–Crippen MR) is 106 cm³/mol. The maximum atomic E-state index is 6.16. The molecule has 0 saturated heterocycles. The number of halogens is 2. The molecule has 0 radical (unpaired) electrons. The Hall–Kier alpha value is -2.82. The summed E-state index contributed by atoms with van der Waals surface area (Å²) in [6.07, 6.45) is 0. The molecular weight excluding hydrogens is 383 g/mol. The van der Waals surface area contributed by atoms with Gasteiger partial charge in [-0.1, -0.05) is 47.5 Å². The Labute approximate surface area is 166 Å². The first-order chi connectivity index (χ1) is 13.2. The number of rotatable bonds is 5. The van der Waals surface area contributed by atoms with Crippen LogP contribution in [0.15, 0.2) is 77.2 Å². The van der Waals surface area contributed by atoms with E-state index in [-0.39, 0.29) is 0 Å². The number of aromatic nitrogens is 2. The van der Waals surface area contributed by atoms with Gasteiger partial charge in [0.05, 0.1) is 0 Å². The van der Waals surface area contributed by atoms with Crippen LogP contribution in [0, 0.1) is 0 Å². The summed E-state index contributed by atoms with van der Waals surface area (Å²) >= 11 is 12.1. The Morgan fingerprint density at radius 2 is 1.44 bits per heavy atom. The molecule has 0 unspecified atom stereocenters. The van der Waals surface area contributed by atoms with Gasteiger partial charge in [0.2, 0.25) is 11.8 Å². The Morgan fingerprint density at radius 3 is 2.11 bits per heavy atom. The quantitative estimate of drug-likeness (QED) is 0.397. The van der Waals surface area contributed by atoms with E-state index in [4.69, 9.17) is 32.4 Å². The topological polar surface area (TPSA) is 48.2 Å². The third-order valence-corrected chi connectivity index (χ3v) is 4.54. The summed E-state index contributed by atoms with van der Waals surface area (Å²) < 4.78 is 11.5. The molecule has 0 bridgehead atoms. The molecule has 4 rings (SSSR count). The van der Waals surface area contributed by atoms with Crippen LogP contribution in [-0.4, -0.2) is 10.2 Å². The van der Waals surface area contributed by atoms with E-state index in [2.05, 4.69) is 10.2 Å². The van der Waals surface area contributed by atoms with Crippen LogP contribution in [0.2, 0.25) is 10.0 Å². The van der Waals surface area contributed by atoms with Crippen LogP contribution in [-0.2, 0) is 6.61 Å². The summed E-state index contributed by atoms with van der Waals surface area (Å²) in [5.74, 6) is 1.66. The highest BCUT2D eigenvalue weighted by Gasteiger charge is 2.10. The van der Waals surface area contributed by atoms with Gasteiger partial charge in [0.15, 0.2) is 0 Å². The first-order valence-electron chi connectivity index (χ1n) is 8.25. The predicted octanol–water partition coefficient (Wildman–Crippen LogP) is 6.29. The van der Waals surface area contributed by atoms with Crippen molar-refractivity contribution in [1.29, 1.82) is 0 Å². The Balaban J connectivity index is 1.45. The van der Waals surface area contributed by atoms with Crippen molar-refractivity contribution in [2.75, 3.05) is 0 Å². The molecular formula is C21H14Cl2N2O2. The van der Waals surface area contributed by atoms with E-state index >= 15 is 0 Å². The van der Waals surface area contributed by atoms with Gasteiger partial charge in [-0.25, -0.2) is 0 Å². The Morgan fingerprint density at radius 1 is 0.778 bits per heavy atom. The lowest BCUT2D eigenvalue weighted by molar-refractivity contribution is 0.306. The lowest BCUT2D eigenvalue weighted by Gasteiger charge is -2.08. The second-order valence-corrected chi connectivity index (χ2v) is 6.67. The van der Waals surface area contributed by atoms with Gasteiger partial charge in [0.1, 0.15) is 12.4 Å². The fourth-order valence-corrected chi connectivity index (χ4v) is 2.99. The maximum Gasteiger partial charge on any atom is 0.248 e. The third-order valence-electron chi connectivity index (χ3n) is 3.96. The normalized spacial score (nSPS) is 10.7. The molecule has 0 aliphatic carbocycles. The molecule has 0 spiro atoms. The second kappa shape index (κ2) is 7.82. The molecule has 0 aliphatic heterocycles. The van der Waals surface area contributed by atoms with E-state index in [1.807, 2.05) is 60.7 Å². The van der Waals surface area contributed by atoms with Crippen LogP contribution in [0.5, 0.6) is 5.75 Å². The van der Waals surface area contributed by atoms with E-state index in [1.165, 1.54) is 0 Å². The smallest absolute Gasteiger partial charge is 0.248 e. The van der Waals surface area contributed by atoms with Crippen LogP contribution in [0.25, 0.3) is 22.9 Å². The number of benzene rings is 3. The number of ether oxygens (including phenoxy) is 1. The highest BCUT2D eigenvalue weighted by molar-refractivity contribution is 6.35. The van der Waals surface area contributed by atoms with Crippen molar-refractivity contribution in [2.45, 2.75) is 6.61 Å². The largest absolute Gasteiger partial charge is 0.489 e. The zero-order chi connectivity index (χ0) is 18.6. The molecule has 0 atom stereocenters. The summed E-state index contributed by atoms with van der Waals surface area (Å²) in [7, 11) is 0. The maximum absolute atomic E-state index is 6.16.